The molecule has 108 valence electrons. The zero-order valence-electron chi connectivity index (χ0n) is 10.6. The third-order valence-electron chi connectivity index (χ3n) is 2.64. The molecule has 2 rings (SSSR count). The molecule has 21 heavy (non-hydrogen) atoms. The first kappa shape index (κ1) is 14.3. The fourth-order valence-corrected chi connectivity index (χ4v) is 1.62. The Morgan fingerprint density at radius 3 is 2.71 bits per heavy atom. The van der Waals surface area contributed by atoms with Crippen LogP contribution in [0.4, 0.5) is 5.69 Å². The summed E-state index contributed by atoms with van der Waals surface area (Å²) in [5, 5.41) is 21.8. The van der Waals surface area contributed by atoms with E-state index in [0.717, 1.165) is 12.3 Å². The summed E-state index contributed by atoms with van der Waals surface area (Å²) in [6.45, 7) is 0.0591. The molecule has 0 aliphatic rings. The van der Waals surface area contributed by atoms with Gasteiger partial charge in [-0.15, -0.1) is 0 Å². The number of hydrogen-bond acceptors (Lipinski definition) is 5. The molecule has 1 amide bonds. The van der Waals surface area contributed by atoms with Crippen LogP contribution < -0.4 is 5.32 Å². The monoisotopic (exact) mass is 290 g/mol. The summed E-state index contributed by atoms with van der Waals surface area (Å²) >= 11 is 0. The lowest BCUT2D eigenvalue weighted by atomic mass is 10.2. The third-order valence-corrected chi connectivity index (χ3v) is 2.64. The topological polar surface area (TPSA) is 123 Å². The first-order valence-corrected chi connectivity index (χ1v) is 5.80. The van der Waals surface area contributed by atoms with Gasteiger partial charge >= 0.3 is 5.97 Å². The largest absolute Gasteiger partial charge is 0.478 e. The summed E-state index contributed by atoms with van der Waals surface area (Å²) in [4.78, 5) is 32.5. The Bertz CT molecular complexity index is 706. The molecule has 0 aliphatic carbocycles. The van der Waals surface area contributed by atoms with Crippen LogP contribution in [0, 0.1) is 10.1 Å². The number of rotatable bonds is 5. The first-order chi connectivity index (χ1) is 9.97. The molecule has 0 aliphatic heterocycles. The number of hydrogen-bond donors (Lipinski definition) is 2. The van der Waals surface area contributed by atoms with Gasteiger partial charge in [-0.25, -0.2) is 4.79 Å². The van der Waals surface area contributed by atoms with E-state index in [1.165, 1.54) is 18.2 Å². The van der Waals surface area contributed by atoms with Crippen LogP contribution in [0.3, 0.4) is 0 Å². The SMILES string of the molecule is O=C(O)c1coc(C(=O)NCc2cccc([N+](=O)[O-])c2)c1. The molecular weight excluding hydrogens is 280 g/mol. The predicted octanol–water partition coefficient (Wildman–Crippen LogP) is 1.82. The molecule has 8 heteroatoms. The molecule has 1 aromatic carbocycles. The molecule has 0 saturated carbocycles. The maximum absolute atomic E-state index is 11.7. The predicted molar refractivity (Wildman–Crippen MR) is 69.9 cm³/mol. The van der Waals surface area contributed by atoms with E-state index in [-0.39, 0.29) is 23.6 Å². The number of carboxylic acid groups (broad SMARTS) is 1. The van der Waals surface area contributed by atoms with E-state index in [1.54, 1.807) is 6.07 Å². The van der Waals surface area contributed by atoms with Gasteiger partial charge in [0.2, 0.25) is 0 Å². The lowest BCUT2D eigenvalue weighted by Gasteiger charge is -2.03. The number of nitro benzene ring substituents is 1. The van der Waals surface area contributed by atoms with Crippen LogP contribution >= 0.6 is 0 Å². The van der Waals surface area contributed by atoms with Crippen molar-refractivity contribution < 1.29 is 24.0 Å². The zero-order valence-corrected chi connectivity index (χ0v) is 10.6. The number of furan rings is 1. The number of carbonyl (C=O) groups excluding carboxylic acids is 1. The van der Waals surface area contributed by atoms with Crippen molar-refractivity contribution in [1.82, 2.24) is 5.32 Å². The second kappa shape index (κ2) is 5.87. The molecule has 0 bridgehead atoms. The molecule has 0 saturated heterocycles. The zero-order chi connectivity index (χ0) is 15.4. The number of carboxylic acids is 1. The maximum atomic E-state index is 11.7. The van der Waals surface area contributed by atoms with Crippen LogP contribution in [0.1, 0.15) is 26.5 Å². The summed E-state index contributed by atoms with van der Waals surface area (Å²) in [6.07, 6.45) is 0.963. The van der Waals surface area contributed by atoms with Gasteiger partial charge in [0.1, 0.15) is 6.26 Å². The summed E-state index contributed by atoms with van der Waals surface area (Å²) < 4.78 is 4.84. The second-order valence-electron chi connectivity index (χ2n) is 4.11. The van der Waals surface area contributed by atoms with Crippen LogP contribution in [0.25, 0.3) is 0 Å². The lowest BCUT2D eigenvalue weighted by molar-refractivity contribution is -0.384. The minimum atomic E-state index is -1.20. The molecule has 8 nitrogen and oxygen atoms in total. The number of nitrogens with zero attached hydrogens (tertiary/aromatic N) is 1. The number of nitro groups is 1. The smallest absolute Gasteiger partial charge is 0.338 e. The summed E-state index contributed by atoms with van der Waals surface area (Å²) in [5.74, 6) is -1.94. The van der Waals surface area contributed by atoms with Crippen LogP contribution in [0.2, 0.25) is 0 Å². The Kier molecular flexibility index (Phi) is 3.98. The maximum Gasteiger partial charge on any atom is 0.338 e. The third kappa shape index (κ3) is 3.44. The first-order valence-electron chi connectivity index (χ1n) is 5.80. The Morgan fingerprint density at radius 1 is 1.33 bits per heavy atom. The van der Waals surface area contributed by atoms with E-state index >= 15 is 0 Å². The van der Waals surface area contributed by atoms with Gasteiger partial charge in [-0.3, -0.25) is 14.9 Å². The van der Waals surface area contributed by atoms with Crippen molar-refractivity contribution in [3.05, 3.63) is 63.6 Å². The Balaban J connectivity index is 2.02. The fraction of sp³-hybridized carbons (Fsp3) is 0.0769. The highest BCUT2D eigenvalue weighted by Gasteiger charge is 2.14. The van der Waals surface area contributed by atoms with Crippen molar-refractivity contribution in [1.29, 1.82) is 0 Å². The van der Waals surface area contributed by atoms with Gasteiger partial charge in [0.25, 0.3) is 11.6 Å². The highest BCUT2D eigenvalue weighted by Crippen LogP contribution is 2.13. The highest BCUT2D eigenvalue weighted by atomic mass is 16.6. The molecule has 2 aromatic rings. The average molecular weight is 290 g/mol. The van der Waals surface area contributed by atoms with Crippen LogP contribution in [-0.4, -0.2) is 21.9 Å². The molecule has 2 N–H and O–H groups in total. The van der Waals surface area contributed by atoms with Crippen molar-refractivity contribution in [3.8, 4) is 0 Å². The molecular formula is C13H10N2O6. The standard InChI is InChI=1S/C13H10N2O6/c16-12(11-5-9(7-21-11)13(17)18)14-6-8-2-1-3-10(4-8)15(19)20/h1-5,7H,6H2,(H,14,16)(H,17,18). The van der Waals surface area contributed by atoms with Crippen molar-refractivity contribution in [2.45, 2.75) is 6.54 Å². The van der Waals surface area contributed by atoms with Gasteiger partial charge in [0.15, 0.2) is 5.76 Å². The van der Waals surface area contributed by atoms with Gasteiger partial charge in [-0.1, -0.05) is 12.1 Å². The summed E-state index contributed by atoms with van der Waals surface area (Å²) in [7, 11) is 0. The Hall–Kier alpha value is -3.16. The van der Waals surface area contributed by atoms with E-state index in [9.17, 15) is 19.7 Å². The quantitative estimate of drug-likeness (QED) is 0.639. The summed E-state index contributed by atoms with van der Waals surface area (Å²) in [6, 6.07) is 6.92. The van der Waals surface area contributed by atoms with Gasteiger partial charge < -0.3 is 14.8 Å². The average Bonchev–Trinajstić information content (AvgIpc) is 2.95. The van der Waals surface area contributed by atoms with E-state index in [4.69, 9.17) is 9.52 Å². The van der Waals surface area contributed by atoms with Gasteiger partial charge in [0, 0.05) is 24.7 Å². The van der Waals surface area contributed by atoms with Crippen LogP contribution in [0.5, 0.6) is 0 Å². The highest BCUT2D eigenvalue weighted by molar-refractivity contribution is 5.95. The van der Waals surface area contributed by atoms with Crippen molar-refractivity contribution in [2.75, 3.05) is 0 Å². The van der Waals surface area contributed by atoms with E-state index in [2.05, 4.69) is 5.32 Å². The normalized spacial score (nSPS) is 10.1. The number of nitrogens with one attached hydrogen (secondary N) is 1. The van der Waals surface area contributed by atoms with Crippen molar-refractivity contribution in [3.63, 3.8) is 0 Å². The summed E-state index contributed by atoms with van der Waals surface area (Å²) in [5.41, 5.74) is 0.339. The molecule has 0 unspecified atom stereocenters. The molecule has 0 radical (unpaired) electrons. The van der Waals surface area contributed by atoms with Crippen molar-refractivity contribution >= 4 is 17.6 Å². The van der Waals surface area contributed by atoms with Crippen LogP contribution in [0.15, 0.2) is 41.0 Å². The van der Waals surface area contributed by atoms with E-state index < -0.39 is 16.8 Å². The number of non-ortho nitro benzene ring substituents is 1. The Morgan fingerprint density at radius 2 is 2.10 bits per heavy atom. The van der Waals surface area contributed by atoms with Crippen LogP contribution in [-0.2, 0) is 6.54 Å². The number of carbonyl (C=O) groups is 2. The lowest BCUT2D eigenvalue weighted by Crippen LogP contribution is -2.22. The molecule has 0 fully saturated rings. The molecule has 1 aromatic heterocycles. The number of benzene rings is 1. The number of aromatic carboxylic acids is 1. The molecule has 0 atom stereocenters. The van der Waals surface area contributed by atoms with E-state index in [1.807, 2.05) is 0 Å². The van der Waals surface area contributed by atoms with Gasteiger partial charge in [-0.2, -0.15) is 0 Å². The van der Waals surface area contributed by atoms with Crippen molar-refractivity contribution in [2.24, 2.45) is 0 Å². The minimum absolute atomic E-state index is 0.0591. The Labute approximate surface area is 118 Å². The fourth-order valence-electron chi connectivity index (χ4n) is 1.62. The van der Waals surface area contributed by atoms with Gasteiger partial charge in [-0.05, 0) is 5.56 Å². The van der Waals surface area contributed by atoms with Gasteiger partial charge in [0.05, 0.1) is 10.5 Å². The second-order valence-corrected chi connectivity index (χ2v) is 4.11. The number of amides is 1. The molecule has 1 heterocycles. The molecule has 0 spiro atoms. The van der Waals surface area contributed by atoms with E-state index in [0.29, 0.717) is 5.56 Å². The minimum Gasteiger partial charge on any atom is -0.478 e.